The first kappa shape index (κ1) is 12.8. The number of rotatable bonds is 3. The van der Waals surface area contributed by atoms with Gasteiger partial charge in [-0.05, 0) is 38.1 Å². The molecule has 1 saturated heterocycles. The Hall–Kier alpha value is -0.250. The second-order valence-electron chi connectivity index (χ2n) is 4.82. The quantitative estimate of drug-likeness (QED) is 0.773. The zero-order valence-corrected chi connectivity index (χ0v) is 9.40. The molecule has 0 aromatic rings. The molecule has 0 radical (unpaired) electrons. The molecule has 0 bridgehead atoms. The molecule has 0 amide bonds. The van der Waals surface area contributed by atoms with Gasteiger partial charge in [-0.1, -0.05) is 13.8 Å². The lowest BCUT2D eigenvalue weighted by Gasteiger charge is -2.34. The minimum absolute atomic E-state index is 0.291. The van der Waals surface area contributed by atoms with Crippen LogP contribution in [0, 0.1) is 11.8 Å². The summed E-state index contributed by atoms with van der Waals surface area (Å²) >= 11 is 0. The van der Waals surface area contributed by atoms with Gasteiger partial charge in [-0.15, -0.1) is 0 Å². The van der Waals surface area contributed by atoms with Gasteiger partial charge in [0.25, 0.3) is 0 Å². The van der Waals surface area contributed by atoms with Gasteiger partial charge in [0.1, 0.15) is 0 Å². The monoisotopic (exact) mass is 223 g/mol. The van der Waals surface area contributed by atoms with Gasteiger partial charge in [0, 0.05) is 6.04 Å². The number of halogens is 3. The van der Waals surface area contributed by atoms with Crippen LogP contribution in [0.25, 0.3) is 0 Å². The van der Waals surface area contributed by atoms with Crippen molar-refractivity contribution in [2.75, 3.05) is 6.54 Å². The van der Waals surface area contributed by atoms with E-state index in [1.807, 2.05) is 13.8 Å². The summed E-state index contributed by atoms with van der Waals surface area (Å²) in [7, 11) is 0. The third-order valence-electron chi connectivity index (χ3n) is 3.06. The topological polar surface area (TPSA) is 12.0 Å². The van der Waals surface area contributed by atoms with Crippen LogP contribution >= 0.6 is 0 Å². The van der Waals surface area contributed by atoms with Crippen molar-refractivity contribution in [3.05, 3.63) is 0 Å². The van der Waals surface area contributed by atoms with Crippen molar-refractivity contribution in [2.24, 2.45) is 11.8 Å². The van der Waals surface area contributed by atoms with Crippen LogP contribution in [-0.2, 0) is 0 Å². The Morgan fingerprint density at radius 2 is 2.00 bits per heavy atom. The zero-order valence-electron chi connectivity index (χ0n) is 9.40. The molecular weight excluding hydrogens is 203 g/mol. The summed E-state index contributed by atoms with van der Waals surface area (Å²) in [4.78, 5) is 0. The Bertz CT molecular complexity index is 189. The van der Waals surface area contributed by atoms with Crippen LogP contribution in [0.4, 0.5) is 13.2 Å². The molecule has 1 N–H and O–H groups in total. The lowest BCUT2D eigenvalue weighted by Crippen LogP contribution is -2.47. The molecule has 90 valence electrons. The van der Waals surface area contributed by atoms with E-state index in [1.165, 1.54) is 0 Å². The fourth-order valence-corrected chi connectivity index (χ4v) is 2.16. The summed E-state index contributed by atoms with van der Waals surface area (Å²) in [5, 5.41) is 3.01. The van der Waals surface area contributed by atoms with E-state index in [2.05, 4.69) is 5.32 Å². The molecule has 1 aliphatic rings. The number of piperidine rings is 1. The molecule has 1 heterocycles. The van der Waals surface area contributed by atoms with Crippen LogP contribution in [0.15, 0.2) is 0 Å². The highest BCUT2D eigenvalue weighted by Gasteiger charge is 2.45. The van der Waals surface area contributed by atoms with Crippen LogP contribution in [0.1, 0.15) is 39.5 Å². The number of nitrogens with one attached hydrogen (secondary N) is 1. The van der Waals surface area contributed by atoms with Crippen molar-refractivity contribution in [3.63, 3.8) is 0 Å². The molecule has 4 heteroatoms. The van der Waals surface area contributed by atoms with E-state index in [9.17, 15) is 13.2 Å². The summed E-state index contributed by atoms with van der Waals surface area (Å²) in [6.45, 7) is 4.83. The minimum atomic E-state index is -4.03. The predicted molar refractivity (Wildman–Crippen MR) is 54.6 cm³/mol. The van der Waals surface area contributed by atoms with Gasteiger partial charge >= 0.3 is 6.18 Å². The van der Waals surface area contributed by atoms with Gasteiger partial charge in [0.05, 0.1) is 5.92 Å². The molecule has 0 aromatic heterocycles. The maximum atomic E-state index is 12.7. The Morgan fingerprint density at radius 3 is 2.53 bits per heavy atom. The van der Waals surface area contributed by atoms with Crippen molar-refractivity contribution in [1.29, 1.82) is 0 Å². The van der Waals surface area contributed by atoms with E-state index < -0.39 is 12.1 Å². The van der Waals surface area contributed by atoms with Crippen LogP contribution < -0.4 is 5.32 Å². The largest absolute Gasteiger partial charge is 0.393 e. The molecule has 1 aliphatic heterocycles. The highest BCUT2D eigenvalue weighted by molar-refractivity contribution is 4.85. The SMILES string of the molecule is CC(C)CCC1NCCCC1C(F)(F)F. The van der Waals surface area contributed by atoms with E-state index in [-0.39, 0.29) is 6.04 Å². The van der Waals surface area contributed by atoms with Crippen molar-refractivity contribution in [1.82, 2.24) is 5.32 Å². The first-order chi connectivity index (χ1) is 6.91. The summed E-state index contributed by atoms with van der Waals surface area (Å²) in [5.74, 6) is -0.660. The Kier molecular flexibility index (Phi) is 4.44. The van der Waals surface area contributed by atoms with Crippen molar-refractivity contribution >= 4 is 0 Å². The molecule has 0 spiro atoms. The molecule has 0 aromatic carbocycles. The van der Waals surface area contributed by atoms with Crippen molar-refractivity contribution in [3.8, 4) is 0 Å². The molecule has 2 atom stereocenters. The molecule has 2 unspecified atom stereocenters. The maximum absolute atomic E-state index is 12.7. The number of alkyl halides is 3. The van der Waals surface area contributed by atoms with Crippen LogP contribution in [0.2, 0.25) is 0 Å². The van der Waals surface area contributed by atoms with Crippen LogP contribution in [0.5, 0.6) is 0 Å². The molecule has 1 fully saturated rings. The Labute approximate surface area is 89.4 Å². The minimum Gasteiger partial charge on any atom is -0.313 e. The van der Waals surface area contributed by atoms with Crippen LogP contribution in [0.3, 0.4) is 0 Å². The van der Waals surface area contributed by atoms with E-state index in [4.69, 9.17) is 0 Å². The average Bonchev–Trinajstić information content (AvgIpc) is 2.13. The standard InChI is InChI=1S/C11H20F3N/c1-8(2)5-6-10-9(11(12,13)14)4-3-7-15-10/h8-10,15H,3-7H2,1-2H3. The summed E-state index contributed by atoms with van der Waals surface area (Å²) in [6.07, 6.45) is -1.59. The maximum Gasteiger partial charge on any atom is 0.393 e. The fraction of sp³-hybridized carbons (Fsp3) is 1.00. The molecule has 1 nitrogen and oxygen atoms in total. The number of hydrogen-bond donors (Lipinski definition) is 1. The second-order valence-corrected chi connectivity index (χ2v) is 4.82. The first-order valence-corrected chi connectivity index (χ1v) is 5.71. The second kappa shape index (κ2) is 5.19. The summed E-state index contributed by atoms with van der Waals surface area (Å²) in [5.41, 5.74) is 0. The first-order valence-electron chi connectivity index (χ1n) is 5.71. The smallest absolute Gasteiger partial charge is 0.313 e. The third-order valence-corrected chi connectivity index (χ3v) is 3.06. The van der Waals surface area contributed by atoms with Gasteiger partial charge < -0.3 is 5.32 Å². The molecular formula is C11H20F3N. The van der Waals surface area contributed by atoms with Crippen LogP contribution in [-0.4, -0.2) is 18.8 Å². The summed E-state index contributed by atoms with van der Waals surface area (Å²) in [6, 6.07) is -0.360. The van der Waals surface area contributed by atoms with E-state index in [0.29, 0.717) is 25.2 Å². The Morgan fingerprint density at radius 1 is 1.33 bits per heavy atom. The van der Waals surface area contributed by atoms with E-state index in [1.54, 1.807) is 0 Å². The number of hydrogen-bond acceptors (Lipinski definition) is 1. The fourth-order valence-electron chi connectivity index (χ4n) is 2.16. The van der Waals surface area contributed by atoms with E-state index in [0.717, 1.165) is 13.0 Å². The lowest BCUT2D eigenvalue weighted by atomic mass is 9.86. The zero-order chi connectivity index (χ0) is 11.5. The molecule has 0 aliphatic carbocycles. The predicted octanol–water partition coefficient (Wildman–Crippen LogP) is 3.35. The molecule has 15 heavy (non-hydrogen) atoms. The molecule has 0 saturated carbocycles. The summed E-state index contributed by atoms with van der Waals surface area (Å²) < 4.78 is 38.0. The van der Waals surface area contributed by atoms with Gasteiger partial charge in [-0.2, -0.15) is 13.2 Å². The third kappa shape index (κ3) is 4.01. The normalized spacial score (nSPS) is 28.4. The molecule has 1 rings (SSSR count). The van der Waals surface area contributed by atoms with Gasteiger partial charge in [-0.25, -0.2) is 0 Å². The van der Waals surface area contributed by atoms with Gasteiger partial charge in [0.15, 0.2) is 0 Å². The van der Waals surface area contributed by atoms with Gasteiger partial charge in [-0.3, -0.25) is 0 Å². The average molecular weight is 223 g/mol. The van der Waals surface area contributed by atoms with Crippen molar-refractivity contribution < 1.29 is 13.2 Å². The highest BCUT2D eigenvalue weighted by atomic mass is 19.4. The van der Waals surface area contributed by atoms with E-state index >= 15 is 0 Å². The highest BCUT2D eigenvalue weighted by Crippen LogP contribution is 2.36. The van der Waals surface area contributed by atoms with Gasteiger partial charge in [0.2, 0.25) is 0 Å². The lowest BCUT2D eigenvalue weighted by molar-refractivity contribution is -0.189. The Balaban J connectivity index is 2.50. The van der Waals surface area contributed by atoms with Crippen molar-refractivity contribution in [2.45, 2.75) is 51.7 Å².